The summed E-state index contributed by atoms with van der Waals surface area (Å²) in [6.45, 7) is 3.29. The molecule has 0 aliphatic heterocycles. The molecule has 0 aliphatic carbocycles. The maximum atomic E-state index is 14.6. The lowest BCUT2D eigenvalue weighted by Crippen LogP contribution is -2.18. The molecular formula is C25H26FN7OS. The van der Waals surface area contributed by atoms with Gasteiger partial charge in [0.05, 0.1) is 16.8 Å². The number of hydrogen-bond acceptors (Lipinski definition) is 8. The molecule has 0 aliphatic rings. The van der Waals surface area contributed by atoms with Gasteiger partial charge in [-0.3, -0.25) is 9.78 Å². The second-order valence-electron chi connectivity index (χ2n) is 7.68. The van der Waals surface area contributed by atoms with Gasteiger partial charge in [-0.2, -0.15) is 11.8 Å². The highest BCUT2D eigenvalue weighted by atomic mass is 32.2. The van der Waals surface area contributed by atoms with Gasteiger partial charge in [0.25, 0.3) is 5.91 Å². The number of rotatable bonds is 9. The van der Waals surface area contributed by atoms with E-state index in [1.807, 2.05) is 31.4 Å². The molecule has 3 aromatic heterocycles. The monoisotopic (exact) mass is 491 g/mol. The number of hydrogen-bond donors (Lipinski definition) is 3. The molecule has 8 nitrogen and oxygen atoms in total. The molecule has 4 rings (SSSR count). The Morgan fingerprint density at radius 1 is 1.06 bits per heavy atom. The Labute approximate surface area is 207 Å². The number of nitrogens with zero attached hydrogens (tertiary/aromatic N) is 4. The minimum atomic E-state index is -0.414. The van der Waals surface area contributed by atoms with Crippen molar-refractivity contribution in [2.24, 2.45) is 0 Å². The van der Waals surface area contributed by atoms with Crippen LogP contribution in [0.4, 0.5) is 16.0 Å². The Morgan fingerprint density at radius 2 is 1.91 bits per heavy atom. The lowest BCUT2D eigenvalue weighted by atomic mass is 10.0. The van der Waals surface area contributed by atoms with Gasteiger partial charge in [0.15, 0.2) is 0 Å². The van der Waals surface area contributed by atoms with Crippen molar-refractivity contribution in [3.05, 3.63) is 72.1 Å². The first-order chi connectivity index (χ1) is 17.0. The van der Waals surface area contributed by atoms with Gasteiger partial charge in [-0.25, -0.2) is 19.3 Å². The van der Waals surface area contributed by atoms with E-state index in [0.717, 1.165) is 23.6 Å². The smallest absolute Gasteiger partial charge is 0.251 e. The molecule has 1 atom stereocenters. The first-order valence-electron chi connectivity index (χ1n) is 11.1. The van der Waals surface area contributed by atoms with Crippen LogP contribution in [0.5, 0.6) is 0 Å². The summed E-state index contributed by atoms with van der Waals surface area (Å²) in [5.74, 6) is 0.753. The van der Waals surface area contributed by atoms with Gasteiger partial charge >= 0.3 is 0 Å². The molecule has 0 radical (unpaired) electrons. The number of nitrogens with one attached hydrogen (secondary N) is 3. The second-order valence-corrected chi connectivity index (χ2v) is 8.73. The molecule has 0 fully saturated rings. The third kappa shape index (κ3) is 5.48. The summed E-state index contributed by atoms with van der Waals surface area (Å²) in [7, 11) is 1.55. The summed E-state index contributed by atoms with van der Waals surface area (Å²) in [5.41, 5.74) is 3.32. The van der Waals surface area contributed by atoms with Gasteiger partial charge in [0, 0.05) is 54.8 Å². The van der Waals surface area contributed by atoms with Gasteiger partial charge in [-0.15, -0.1) is 0 Å². The number of thioether (sulfide) groups is 1. The maximum absolute atomic E-state index is 14.6. The number of aromatic nitrogens is 4. The fourth-order valence-electron chi connectivity index (χ4n) is 3.78. The highest BCUT2D eigenvalue weighted by molar-refractivity contribution is 7.98. The Hall–Kier alpha value is -3.79. The molecule has 3 N–H and O–H groups in total. The average molecular weight is 492 g/mol. The first-order valence-corrected chi connectivity index (χ1v) is 12.4. The maximum Gasteiger partial charge on any atom is 0.251 e. The minimum Gasteiger partial charge on any atom is -0.370 e. The number of carbonyl (C=O) groups is 1. The van der Waals surface area contributed by atoms with Crippen LogP contribution >= 0.6 is 11.8 Å². The zero-order valence-corrected chi connectivity index (χ0v) is 20.5. The van der Waals surface area contributed by atoms with E-state index in [1.54, 1.807) is 37.3 Å². The fourth-order valence-corrected chi connectivity index (χ4v) is 4.47. The van der Waals surface area contributed by atoms with Crippen molar-refractivity contribution in [3.8, 4) is 11.3 Å². The van der Waals surface area contributed by atoms with E-state index in [9.17, 15) is 9.18 Å². The summed E-state index contributed by atoms with van der Waals surface area (Å²) >= 11 is 1.56. The summed E-state index contributed by atoms with van der Waals surface area (Å²) in [4.78, 5) is 29.9. The van der Waals surface area contributed by atoms with Crippen molar-refractivity contribution in [2.45, 2.75) is 12.2 Å². The standard InChI is InChI=1S/C25H26FN7OS/c1-4-28-22-6-5-15(12-30-22)20-11-23(33-14-32-20)31-13-21(35-3)19-10-16(26)9-18-17(25(34)27-2)7-8-29-24(18)19/h5-12,14,21H,4,13H2,1-3H3,(H,27,34)(H,28,30)(H,31,32,33). The van der Waals surface area contributed by atoms with Crippen LogP contribution in [0.3, 0.4) is 0 Å². The number of benzene rings is 1. The predicted molar refractivity (Wildman–Crippen MR) is 139 cm³/mol. The van der Waals surface area contributed by atoms with Crippen LogP contribution in [0.2, 0.25) is 0 Å². The van der Waals surface area contributed by atoms with Crippen LogP contribution in [-0.4, -0.2) is 52.2 Å². The molecule has 0 spiro atoms. The molecule has 10 heteroatoms. The van der Waals surface area contributed by atoms with Crippen molar-refractivity contribution in [1.82, 2.24) is 25.3 Å². The van der Waals surface area contributed by atoms with E-state index >= 15 is 0 Å². The lowest BCUT2D eigenvalue weighted by Gasteiger charge is -2.19. The highest BCUT2D eigenvalue weighted by Crippen LogP contribution is 2.34. The van der Waals surface area contributed by atoms with Crippen LogP contribution in [0, 0.1) is 5.82 Å². The molecule has 1 unspecified atom stereocenters. The first kappa shape index (κ1) is 24.3. The fraction of sp³-hybridized carbons (Fsp3) is 0.240. The third-order valence-corrected chi connectivity index (χ3v) is 6.48. The van der Waals surface area contributed by atoms with E-state index in [-0.39, 0.29) is 11.2 Å². The van der Waals surface area contributed by atoms with Gasteiger partial charge in [0.1, 0.15) is 23.8 Å². The topological polar surface area (TPSA) is 105 Å². The van der Waals surface area contributed by atoms with Crippen LogP contribution in [-0.2, 0) is 0 Å². The molecule has 3 heterocycles. The average Bonchev–Trinajstić information content (AvgIpc) is 2.89. The van der Waals surface area contributed by atoms with Gasteiger partial charge in [-0.1, -0.05) is 0 Å². The van der Waals surface area contributed by atoms with E-state index in [1.165, 1.54) is 18.5 Å². The molecular weight excluding hydrogens is 465 g/mol. The van der Waals surface area contributed by atoms with Crippen molar-refractivity contribution in [3.63, 3.8) is 0 Å². The largest absolute Gasteiger partial charge is 0.370 e. The van der Waals surface area contributed by atoms with Crippen molar-refractivity contribution in [2.75, 3.05) is 37.0 Å². The van der Waals surface area contributed by atoms with E-state index in [2.05, 4.69) is 35.9 Å². The summed E-state index contributed by atoms with van der Waals surface area (Å²) in [6.07, 6.45) is 6.79. The number of amides is 1. The van der Waals surface area contributed by atoms with Crippen molar-refractivity contribution in [1.29, 1.82) is 0 Å². The molecule has 0 saturated carbocycles. The second kappa shape index (κ2) is 11.1. The van der Waals surface area contributed by atoms with Gasteiger partial charge in [0.2, 0.25) is 0 Å². The molecule has 1 amide bonds. The Morgan fingerprint density at radius 3 is 2.63 bits per heavy atom. The van der Waals surface area contributed by atoms with E-state index in [0.29, 0.717) is 34.4 Å². The van der Waals surface area contributed by atoms with Crippen LogP contribution < -0.4 is 16.0 Å². The van der Waals surface area contributed by atoms with E-state index < -0.39 is 5.82 Å². The normalized spacial score (nSPS) is 11.8. The van der Waals surface area contributed by atoms with Gasteiger partial charge < -0.3 is 16.0 Å². The molecule has 180 valence electrons. The van der Waals surface area contributed by atoms with E-state index in [4.69, 9.17) is 0 Å². The Kier molecular flexibility index (Phi) is 7.71. The Balaban J connectivity index is 1.58. The quantitative estimate of drug-likeness (QED) is 0.314. The van der Waals surface area contributed by atoms with Crippen LogP contribution in [0.1, 0.15) is 28.1 Å². The Bertz CT molecular complexity index is 1330. The molecule has 1 aromatic carbocycles. The third-order valence-electron chi connectivity index (χ3n) is 5.50. The predicted octanol–water partition coefficient (Wildman–Crippen LogP) is 4.53. The minimum absolute atomic E-state index is 0.139. The zero-order valence-electron chi connectivity index (χ0n) is 19.7. The molecule has 4 aromatic rings. The van der Waals surface area contributed by atoms with Crippen LogP contribution in [0.15, 0.2) is 55.1 Å². The summed E-state index contributed by atoms with van der Waals surface area (Å²) in [5, 5.41) is 9.45. The summed E-state index contributed by atoms with van der Waals surface area (Å²) in [6, 6.07) is 10.1. The molecule has 0 bridgehead atoms. The molecule has 0 saturated heterocycles. The number of fused-ring (bicyclic) bond motifs is 1. The summed E-state index contributed by atoms with van der Waals surface area (Å²) < 4.78 is 14.6. The number of pyridine rings is 2. The highest BCUT2D eigenvalue weighted by Gasteiger charge is 2.19. The number of carbonyl (C=O) groups excluding carboxylic acids is 1. The zero-order chi connectivity index (χ0) is 24.8. The number of anilines is 2. The van der Waals surface area contributed by atoms with Crippen LogP contribution in [0.25, 0.3) is 22.2 Å². The number of halogens is 1. The molecule has 35 heavy (non-hydrogen) atoms. The SMILES string of the molecule is CCNc1ccc(-c2cc(NCC(SC)c3cc(F)cc4c(C(=O)NC)ccnc34)ncn2)cn1. The van der Waals surface area contributed by atoms with Crippen molar-refractivity contribution < 1.29 is 9.18 Å². The van der Waals surface area contributed by atoms with Gasteiger partial charge in [-0.05, 0) is 49.1 Å². The lowest BCUT2D eigenvalue weighted by molar-refractivity contribution is 0.0964. The van der Waals surface area contributed by atoms with Crippen molar-refractivity contribution >= 4 is 40.2 Å².